The third-order valence-corrected chi connectivity index (χ3v) is 5.68. The van der Waals surface area contributed by atoms with Crippen molar-refractivity contribution in [2.24, 2.45) is 0 Å². The highest BCUT2D eigenvalue weighted by atomic mass is 32.2. The highest BCUT2D eigenvalue weighted by molar-refractivity contribution is 7.89. The van der Waals surface area contributed by atoms with Crippen molar-refractivity contribution in [2.75, 3.05) is 7.05 Å². The topological polar surface area (TPSA) is 119 Å². The van der Waals surface area contributed by atoms with Crippen LogP contribution in [0.5, 0.6) is 0 Å². The van der Waals surface area contributed by atoms with E-state index in [1.807, 2.05) is 31.2 Å². The third-order valence-electron chi connectivity index (χ3n) is 3.86. The van der Waals surface area contributed by atoms with Crippen LogP contribution in [-0.4, -0.2) is 34.8 Å². The van der Waals surface area contributed by atoms with Gasteiger partial charge in [-0.2, -0.15) is 9.29 Å². The van der Waals surface area contributed by atoms with Gasteiger partial charge >= 0.3 is 0 Å². The summed E-state index contributed by atoms with van der Waals surface area (Å²) in [6.45, 7) is 1.81. The van der Waals surface area contributed by atoms with Gasteiger partial charge in [0.2, 0.25) is 21.7 Å². The first kappa shape index (κ1) is 18.7. The minimum atomic E-state index is -3.86. The van der Waals surface area contributed by atoms with Crippen molar-refractivity contribution >= 4 is 15.7 Å². The smallest absolute Gasteiger partial charge is 0.269 e. The second kappa shape index (κ2) is 7.25. The molecule has 0 amide bonds. The van der Waals surface area contributed by atoms with E-state index in [9.17, 15) is 18.5 Å². The molecule has 0 spiro atoms. The Morgan fingerprint density at radius 3 is 2.52 bits per heavy atom. The molecule has 0 saturated heterocycles. The number of aromatic nitrogens is 2. The zero-order chi connectivity index (χ0) is 19.6. The number of nitro groups is 1. The van der Waals surface area contributed by atoms with E-state index in [1.54, 1.807) is 0 Å². The molecule has 10 heteroatoms. The molecular formula is C17H16N4O5S. The second-order valence-electron chi connectivity index (χ2n) is 5.89. The molecule has 9 nitrogen and oxygen atoms in total. The molecule has 0 fully saturated rings. The van der Waals surface area contributed by atoms with Crippen LogP contribution in [0.1, 0.15) is 11.5 Å². The standard InChI is InChI=1S/C17H16N4O5S/c1-12-4-3-5-13(10-12)17-18-16(26-19-17)11-20(2)27(24,25)15-8-6-14(7-9-15)21(22)23/h3-10H,11H2,1-2H3. The molecule has 27 heavy (non-hydrogen) atoms. The highest BCUT2D eigenvalue weighted by Gasteiger charge is 2.24. The molecule has 140 valence electrons. The fourth-order valence-electron chi connectivity index (χ4n) is 2.42. The lowest BCUT2D eigenvalue weighted by atomic mass is 10.1. The van der Waals surface area contributed by atoms with E-state index in [4.69, 9.17) is 4.52 Å². The van der Waals surface area contributed by atoms with Gasteiger partial charge in [-0.25, -0.2) is 8.42 Å². The third kappa shape index (κ3) is 4.01. The summed E-state index contributed by atoms with van der Waals surface area (Å²) in [5.41, 5.74) is 1.62. The molecule has 0 aliphatic heterocycles. The van der Waals surface area contributed by atoms with Crippen molar-refractivity contribution in [2.45, 2.75) is 18.4 Å². The van der Waals surface area contributed by atoms with Crippen molar-refractivity contribution < 1.29 is 17.9 Å². The molecule has 0 saturated carbocycles. The SMILES string of the molecule is Cc1cccc(-c2noc(CN(C)S(=O)(=O)c3ccc([N+](=O)[O-])cc3)n2)c1. The summed E-state index contributed by atoms with van der Waals surface area (Å²) in [6.07, 6.45) is 0. The lowest BCUT2D eigenvalue weighted by Gasteiger charge is -2.14. The number of hydrogen-bond acceptors (Lipinski definition) is 7. The van der Waals surface area contributed by atoms with Gasteiger partial charge in [-0.1, -0.05) is 28.9 Å². The Morgan fingerprint density at radius 1 is 1.19 bits per heavy atom. The number of non-ortho nitro benzene ring substituents is 1. The molecule has 3 aromatic rings. The summed E-state index contributed by atoms with van der Waals surface area (Å²) >= 11 is 0. The monoisotopic (exact) mass is 388 g/mol. The summed E-state index contributed by atoms with van der Waals surface area (Å²) in [5.74, 6) is 0.509. The molecule has 0 unspecified atom stereocenters. The quantitative estimate of drug-likeness (QED) is 0.470. The Morgan fingerprint density at radius 2 is 1.89 bits per heavy atom. The number of sulfonamides is 1. The summed E-state index contributed by atoms with van der Waals surface area (Å²) in [6, 6.07) is 12.2. The predicted molar refractivity (Wildman–Crippen MR) is 96.2 cm³/mol. The first-order valence-corrected chi connectivity index (χ1v) is 9.32. The predicted octanol–water partition coefficient (Wildman–Crippen LogP) is 2.77. The Kier molecular flexibility index (Phi) is 5.02. The average Bonchev–Trinajstić information content (AvgIpc) is 3.10. The Labute approximate surface area is 155 Å². The Balaban J connectivity index is 1.78. The first-order valence-electron chi connectivity index (χ1n) is 7.88. The van der Waals surface area contributed by atoms with E-state index in [-0.39, 0.29) is 23.0 Å². The summed E-state index contributed by atoms with van der Waals surface area (Å²) < 4.78 is 31.4. The zero-order valence-electron chi connectivity index (χ0n) is 14.6. The lowest BCUT2D eigenvalue weighted by Crippen LogP contribution is -2.26. The molecule has 0 bridgehead atoms. The molecule has 1 aromatic heterocycles. The molecule has 3 rings (SSSR count). The van der Waals surface area contributed by atoms with E-state index in [2.05, 4.69) is 10.1 Å². The fourth-order valence-corrected chi connectivity index (χ4v) is 3.54. The number of rotatable bonds is 6. The van der Waals surface area contributed by atoms with E-state index in [0.717, 1.165) is 27.6 Å². The maximum Gasteiger partial charge on any atom is 0.269 e. The molecule has 0 atom stereocenters. The van der Waals surface area contributed by atoms with Crippen LogP contribution in [0.4, 0.5) is 5.69 Å². The van der Waals surface area contributed by atoms with Gasteiger partial charge in [0.15, 0.2) is 0 Å². The fraction of sp³-hybridized carbons (Fsp3) is 0.176. The van der Waals surface area contributed by atoms with Crippen molar-refractivity contribution in [3.8, 4) is 11.4 Å². The molecule has 0 aliphatic rings. The zero-order valence-corrected chi connectivity index (χ0v) is 15.4. The molecule has 1 heterocycles. The summed E-state index contributed by atoms with van der Waals surface area (Å²) in [4.78, 5) is 14.3. The van der Waals surface area contributed by atoms with Crippen LogP contribution in [0, 0.1) is 17.0 Å². The largest absolute Gasteiger partial charge is 0.338 e. The average molecular weight is 388 g/mol. The van der Waals surface area contributed by atoms with Crippen LogP contribution in [0.3, 0.4) is 0 Å². The van der Waals surface area contributed by atoms with Crippen molar-refractivity contribution in [3.63, 3.8) is 0 Å². The van der Waals surface area contributed by atoms with Gasteiger partial charge in [-0.05, 0) is 25.1 Å². The number of nitrogens with zero attached hydrogens (tertiary/aromatic N) is 4. The van der Waals surface area contributed by atoms with Gasteiger partial charge in [0.05, 0.1) is 16.4 Å². The van der Waals surface area contributed by atoms with E-state index in [0.29, 0.717) is 5.82 Å². The van der Waals surface area contributed by atoms with Crippen molar-refractivity contribution in [1.82, 2.24) is 14.4 Å². The maximum absolute atomic E-state index is 12.6. The normalized spacial score (nSPS) is 11.7. The first-order chi connectivity index (χ1) is 12.8. The van der Waals surface area contributed by atoms with E-state index in [1.165, 1.54) is 19.2 Å². The summed E-state index contributed by atoms with van der Waals surface area (Å²) in [7, 11) is -2.49. The number of benzene rings is 2. The molecular weight excluding hydrogens is 372 g/mol. The van der Waals surface area contributed by atoms with E-state index < -0.39 is 14.9 Å². The van der Waals surface area contributed by atoms with Crippen LogP contribution in [-0.2, 0) is 16.6 Å². The van der Waals surface area contributed by atoms with Gasteiger partial charge in [-0.15, -0.1) is 0 Å². The second-order valence-corrected chi connectivity index (χ2v) is 7.94. The molecule has 0 N–H and O–H groups in total. The van der Waals surface area contributed by atoms with Crippen LogP contribution >= 0.6 is 0 Å². The van der Waals surface area contributed by atoms with Crippen LogP contribution in [0.25, 0.3) is 11.4 Å². The molecule has 2 aromatic carbocycles. The maximum atomic E-state index is 12.6. The number of nitro benzene ring substituents is 1. The summed E-state index contributed by atoms with van der Waals surface area (Å²) in [5, 5.41) is 14.6. The van der Waals surface area contributed by atoms with Gasteiger partial charge in [0, 0.05) is 24.7 Å². The van der Waals surface area contributed by atoms with Gasteiger partial charge < -0.3 is 4.52 Å². The van der Waals surface area contributed by atoms with Gasteiger partial charge in [-0.3, -0.25) is 10.1 Å². The Hall–Kier alpha value is -3.11. The van der Waals surface area contributed by atoms with E-state index >= 15 is 0 Å². The van der Waals surface area contributed by atoms with Crippen LogP contribution in [0.2, 0.25) is 0 Å². The highest BCUT2D eigenvalue weighted by Crippen LogP contribution is 2.21. The van der Waals surface area contributed by atoms with Crippen molar-refractivity contribution in [3.05, 3.63) is 70.1 Å². The molecule has 0 aliphatic carbocycles. The lowest BCUT2D eigenvalue weighted by molar-refractivity contribution is -0.384. The number of aryl methyl sites for hydroxylation is 1. The Bertz CT molecular complexity index is 1080. The van der Waals surface area contributed by atoms with Crippen LogP contribution < -0.4 is 0 Å². The van der Waals surface area contributed by atoms with Gasteiger partial charge in [0.25, 0.3) is 5.69 Å². The van der Waals surface area contributed by atoms with Gasteiger partial charge in [0.1, 0.15) is 0 Å². The minimum Gasteiger partial charge on any atom is -0.338 e. The van der Waals surface area contributed by atoms with Crippen LogP contribution in [0.15, 0.2) is 57.9 Å². The van der Waals surface area contributed by atoms with Crippen molar-refractivity contribution in [1.29, 1.82) is 0 Å². The minimum absolute atomic E-state index is 0.0611. The number of hydrogen-bond donors (Lipinski definition) is 0. The molecule has 0 radical (unpaired) electrons.